The Balaban J connectivity index is 1.42. The third kappa shape index (κ3) is 3.56. The highest BCUT2D eigenvalue weighted by atomic mass is 16.6. The Morgan fingerprint density at radius 2 is 1.96 bits per heavy atom. The molecule has 1 aromatic carbocycles. The van der Waals surface area contributed by atoms with Crippen LogP contribution in [0.1, 0.15) is 24.8 Å². The molecule has 2 aliphatic heterocycles. The number of fused-ring (bicyclic) bond motifs is 1. The molecule has 2 heterocycles. The summed E-state index contributed by atoms with van der Waals surface area (Å²) in [4.78, 5) is 14.6. The van der Waals surface area contributed by atoms with Gasteiger partial charge in [-0.25, -0.2) is 0 Å². The van der Waals surface area contributed by atoms with Crippen molar-refractivity contribution in [3.63, 3.8) is 0 Å². The van der Waals surface area contributed by atoms with Gasteiger partial charge in [0.25, 0.3) is 0 Å². The number of benzene rings is 1. The molecular weight excluding hydrogens is 306 g/mol. The Labute approximate surface area is 142 Å². The van der Waals surface area contributed by atoms with Crippen LogP contribution in [0.15, 0.2) is 24.3 Å². The highest BCUT2D eigenvalue weighted by Crippen LogP contribution is 2.32. The van der Waals surface area contributed by atoms with E-state index in [1.165, 1.54) is 0 Å². The number of carbonyl (C=O) groups is 1. The first kappa shape index (κ1) is 15.5. The van der Waals surface area contributed by atoms with Gasteiger partial charge < -0.3 is 19.1 Å². The minimum Gasteiger partial charge on any atom is -0.486 e. The summed E-state index contributed by atoms with van der Waals surface area (Å²) in [5, 5.41) is 0. The summed E-state index contributed by atoms with van der Waals surface area (Å²) in [5.74, 6) is 2.10. The van der Waals surface area contributed by atoms with Crippen molar-refractivity contribution < 1.29 is 19.0 Å². The van der Waals surface area contributed by atoms with Crippen LogP contribution < -0.4 is 9.47 Å². The van der Waals surface area contributed by atoms with Crippen LogP contribution >= 0.6 is 0 Å². The molecule has 3 aliphatic rings. The van der Waals surface area contributed by atoms with Crippen LogP contribution in [0.3, 0.4) is 0 Å². The Bertz CT molecular complexity index is 632. The summed E-state index contributed by atoms with van der Waals surface area (Å²) in [6, 6.07) is 6.18. The predicted octanol–water partition coefficient (Wildman–Crippen LogP) is 2.50. The van der Waals surface area contributed by atoms with Crippen molar-refractivity contribution in [2.45, 2.75) is 25.3 Å². The van der Waals surface area contributed by atoms with Crippen LogP contribution in [0, 0.1) is 5.92 Å². The van der Waals surface area contributed by atoms with Gasteiger partial charge >= 0.3 is 0 Å². The maximum atomic E-state index is 12.6. The molecule has 1 saturated carbocycles. The third-order valence-electron chi connectivity index (χ3n) is 4.73. The fourth-order valence-corrected chi connectivity index (χ4v) is 3.24. The van der Waals surface area contributed by atoms with Crippen LogP contribution in [0.4, 0.5) is 0 Å². The zero-order chi connectivity index (χ0) is 16.4. The largest absolute Gasteiger partial charge is 0.486 e. The number of nitrogens with zero attached hydrogens (tertiary/aromatic N) is 1. The quantitative estimate of drug-likeness (QED) is 0.779. The molecule has 0 unspecified atom stereocenters. The summed E-state index contributed by atoms with van der Waals surface area (Å²) in [6.45, 7) is 3.57. The van der Waals surface area contributed by atoms with E-state index >= 15 is 0 Å². The van der Waals surface area contributed by atoms with Gasteiger partial charge in [0.2, 0.25) is 5.91 Å². The van der Waals surface area contributed by atoms with Gasteiger partial charge in [-0.05, 0) is 43.0 Å². The summed E-state index contributed by atoms with van der Waals surface area (Å²) in [5.41, 5.74) is 0.951. The lowest BCUT2D eigenvalue weighted by Gasteiger charge is -2.23. The van der Waals surface area contributed by atoms with Gasteiger partial charge in [0.1, 0.15) is 13.2 Å². The van der Waals surface area contributed by atoms with Gasteiger partial charge in [0.05, 0.1) is 6.61 Å². The maximum absolute atomic E-state index is 12.6. The molecule has 24 heavy (non-hydrogen) atoms. The first-order valence-electron chi connectivity index (χ1n) is 8.76. The molecule has 1 saturated heterocycles. The molecule has 0 spiro atoms. The van der Waals surface area contributed by atoms with E-state index < -0.39 is 0 Å². The molecule has 1 atom stereocenters. The Hall–Kier alpha value is -2.01. The maximum Gasteiger partial charge on any atom is 0.246 e. The van der Waals surface area contributed by atoms with Gasteiger partial charge in [0, 0.05) is 31.2 Å². The molecule has 0 bridgehead atoms. The zero-order valence-corrected chi connectivity index (χ0v) is 13.8. The van der Waals surface area contributed by atoms with Gasteiger partial charge in [-0.15, -0.1) is 0 Å². The minimum atomic E-state index is 0.0966. The number of rotatable bonds is 5. The number of hydrogen-bond acceptors (Lipinski definition) is 4. The normalized spacial score (nSPS) is 22.8. The van der Waals surface area contributed by atoms with Crippen LogP contribution in [0.2, 0.25) is 0 Å². The van der Waals surface area contributed by atoms with Crippen LogP contribution in [-0.4, -0.2) is 49.8 Å². The third-order valence-corrected chi connectivity index (χ3v) is 4.73. The molecule has 2 fully saturated rings. The van der Waals surface area contributed by atoms with E-state index in [2.05, 4.69) is 0 Å². The summed E-state index contributed by atoms with van der Waals surface area (Å²) >= 11 is 0. The molecule has 4 rings (SSSR count). The van der Waals surface area contributed by atoms with Crippen molar-refractivity contribution in [3.05, 3.63) is 29.8 Å². The second-order valence-electron chi connectivity index (χ2n) is 6.69. The molecule has 5 heteroatoms. The number of carbonyl (C=O) groups excluding carboxylic acids is 1. The van der Waals surface area contributed by atoms with Crippen molar-refractivity contribution >= 4 is 12.0 Å². The Morgan fingerprint density at radius 1 is 1.12 bits per heavy atom. The van der Waals surface area contributed by atoms with Crippen molar-refractivity contribution in [2.75, 3.05) is 33.0 Å². The lowest BCUT2D eigenvalue weighted by molar-refractivity contribution is -0.127. The first-order valence-corrected chi connectivity index (χ1v) is 8.76. The Morgan fingerprint density at radius 3 is 2.71 bits per heavy atom. The highest BCUT2D eigenvalue weighted by molar-refractivity contribution is 5.92. The molecule has 0 radical (unpaired) electrons. The molecular formula is C19H23NO4. The van der Waals surface area contributed by atoms with E-state index in [4.69, 9.17) is 14.2 Å². The molecule has 1 amide bonds. The Kier molecular flexibility index (Phi) is 4.43. The first-order chi connectivity index (χ1) is 11.8. The monoisotopic (exact) mass is 329 g/mol. The summed E-state index contributed by atoms with van der Waals surface area (Å²) in [7, 11) is 0. The zero-order valence-electron chi connectivity index (χ0n) is 13.8. The highest BCUT2D eigenvalue weighted by Gasteiger charge is 2.33. The van der Waals surface area contributed by atoms with E-state index in [-0.39, 0.29) is 5.91 Å². The molecule has 0 N–H and O–H groups in total. The molecule has 1 aromatic rings. The second-order valence-corrected chi connectivity index (χ2v) is 6.69. The smallest absolute Gasteiger partial charge is 0.246 e. The van der Waals surface area contributed by atoms with Crippen LogP contribution in [0.5, 0.6) is 11.5 Å². The SMILES string of the molecule is O=C(/C=C/c1ccc2c(c1)OCCO2)N(C[C@H]1CCOC1)C1CC1. The van der Waals surface area contributed by atoms with Gasteiger partial charge in [0.15, 0.2) is 11.5 Å². The molecule has 5 nitrogen and oxygen atoms in total. The van der Waals surface area contributed by atoms with Crippen molar-refractivity contribution in [1.82, 2.24) is 4.90 Å². The lowest BCUT2D eigenvalue weighted by atomic mass is 10.1. The van der Waals surface area contributed by atoms with E-state index in [1.807, 2.05) is 29.2 Å². The molecule has 1 aliphatic carbocycles. The van der Waals surface area contributed by atoms with E-state index in [9.17, 15) is 4.79 Å². The van der Waals surface area contributed by atoms with Crippen molar-refractivity contribution in [3.8, 4) is 11.5 Å². The number of ether oxygens (including phenoxy) is 3. The average Bonchev–Trinajstić information content (AvgIpc) is 3.33. The molecule has 0 aromatic heterocycles. The second kappa shape index (κ2) is 6.85. The van der Waals surface area contributed by atoms with Crippen molar-refractivity contribution in [1.29, 1.82) is 0 Å². The van der Waals surface area contributed by atoms with Gasteiger partial charge in [-0.3, -0.25) is 4.79 Å². The standard InChI is InChI=1S/C19H23NO4/c21-19(20(16-3-4-16)12-15-7-8-22-13-15)6-2-14-1-5-17-18(11-14)24-10-9-23-17/h1-2,5-6,11,15-16H,3-4,7-10,12-13H2/b6-2+/t15-/m1/s1. The predicted molar refractivity (Wildman–Crippen MR) is 90.1 cm³/mol. The van der Waals surface area contributed by atoms with E-state index in [0.29, 0.717) is 25.2 Å². The molecule has 128 valence electrons. The van der Waals surface area contributed by atoms with Crippen molar-refractivity contribution in [2.24, 2.45) is 5.92 Å². The van der Waals surface area contributed by atoms with Crippen LogP contribution in [0.25, 0.3) is 6.08 Å². The van der Waals surface area contributed by atoms with E-state index in [1.54, 1.807) is 6.08 Å². The number of amides is 1. The number of hydrogen-bond donors (Lipinski definition) is 0. The summed E-state index contributed by atoms with van der Waals surface area (Å²) in [6.07, 6.45) is 6.84. The van der Waals surface area contributed by atoms with Gasteiger partial charge in [-0.2, -0.15) is 0 Å². The topological polar surface area (TPSA) is 48.0 Å². The van der Waals surface area contributed by atoms with Gasteiger partial charge in [-0.1, -0.05) is 6.07 Å². The van der Waals surface area contributed by atoms with Crippen LogP contribution in [-0.2, 0) is 9.53 Å². The average molecular weight is 329 g/mol. The lowest BCUT2D eigenvalue weighted by Crippen LogP contribution is -2.36. The fourth-order valence-electron chi connectivity index (χ4n) is 3.24. The summed E-state index contributed by atoms with van der Waals surface area (Å²) < 4.78 is 16.5. The minimum absolute atomic E-state index is 0.0966. The van der Waals surface area contributed by atoms with E-state index in [0.717, 1.165) is 56.1 Å². The fraction of sp³-hybridized carbons (Fsp3) is 0.526.